The van der Waals surface area contributed by atoms with Gasteiger partial charge in [-0.05, 0) is 48.5 Å². The molecule has 0 aliphatic heterocycles. The molecule has 0 saturated heterocycles. The van der Waals surface area contributed by atoms with Gasteiger partial charge in [0.25, 0.3) is 0 Å². The van der Waals surface area contributed by atoms with Gasteiger partial charge in [0.15, 0.2) is 23.1 Å². The van der Waals surface area contributed by atoms with Crippen LogP contribution in [0.2, 0.25) is 0 Å². The summed E-state index contributed by atoms with van der Waals surface area (Å²) < 4.78 is 50.1. The Morgan fingerprint density at radius 2 is 1.63 bits per heavy atom. The van der Waals surface area contributed by atoms with E-state index in [1.165, 1.54) is 44.7 Å². The third-order valence-corrected chi connectivity index (χ3v) is 5.72. The quantitative estimate of drug-likeness (QED) is 0.298. The van der Waals surface area contributed by atoms with Crippen molar-refractivity contribution in [2.24, 2.45) is 0 Å². The van der Waals surface area contributed by atoms with Gasteiger partial charge in [-0.1, -0.05) is 0 Å². The summed E-state index contributed by atoms with van der Waals surface area (Å²) in [5, 5.41) is 8.26. The number of methoxy groups -OCH3 is 2. The molecular formula is C27H19F2N5O7. The second kappa shape index (κ2) is 11.1. The first kappa shape index (κ1) is 26.8. The Bertz CT molecular complexity index is 1890. The number of aromatic amines is 1. The molecule has 0 radical (unpaired) electrons. The molecule has 0 bridgehead atoms. The van der Waals surface area contributed by atoms with E-state index in [0.717, 1.165) is 18.2 Å². The van der Waals surface area contributed by atoms with E-state index in [0.29, 0.717) is 27.0 Å². The Balaban J connectivity index is 1.33. The van der Waals surface area contributed by atoms with E-state index < -0.39 is 34.9 Å². The van der Waals surface area contributed by atoms with Gasteiger partial charge in [0.05, 0.1) is 25.4 Å². The molecule has 1 amide bonds. The number of hydrogen-bond acceptors (Lipinski definition) is 9. The lowest BCUT2D eigenvalue weighted by Crippen LogP contribution is -2.36. The van der Waals surface area contributed by atoms with E-state index in [9.17, 15) is 23.2 Å². The molecule has 5 aromatic rings. The van der Waals surface area contributed by atoms with Gasteiger partial charge in [-0.3, -0.25) is 15.1 Å². The van der Waals surface area contributed by atoms with Crippen molar-refractivity contribution < 1.29 is 32.5 Å². The van der Waals surface area contributed by atoms with E-state index in [-0.39, 0.29) is 22.9 Å². The predicted octanol–water partition coefficient (Wildman–Crippen LogP) is 4.17. The van der Waals surface area contributed by atoms with Crippen molar-refractivity contribution in [3.05, 3.63) is 99.3 Å². The number of amides is 1. The van der Waals surface area contributed by atoms with Gasteiger partial charge in [0, 0.05) is 29.4 Å². The molecule has 3 aromatic carbocycles. The fraction of sp³-hybridized carbons (Fsp3) is 0.0741. The van der Waals surface area contributed by atoms with Gasteiger partial charge in [-0.2, -0.15) is 0 Å². The lowest BCUT2D eigenvalue weighted by molar-refractivity contribution is 0.211. The third-order valence-electron chi connectivity index (χ3n) is 5.72. The van der Waals surface area contributed by atoms with Crippen molar-refractivity contribution in [1.82, 2.24) is 19.7 Å². The number of rotatable bonds is 7. The zero-order valence-electron chi connectivity index (χ0n) is 21.3. The maximum Gasteiger partial charge on any atom is 0.418 e. The molecule has 14 heteroatoms. The van der Waals surface area contributed by atoms with Gasteiger partial charge in [0.2, 0.25) is 0 Å². The van der Waals surface area contributed by atoms with E-state index in [2.05, 4.69) is 15.4 Å². The summed E-state index contributed by atoms with van der Waals surface area (Å²) in [5.74, 6) is -1.16. The van der Waals surface area contributed by atoms with Gasteiger partial charge >= 0.3 is 23.2 Å². The number of carbonyl (C=O) groups is 1. The number of halogens is 2. The first-order chi connectivity index (χ1) is 19.8. The Kier molecular flexibility index (Phi) is 7.28. The van der Waals surface area contributed by atoms with Crippen LogP contribution in [-0.2, 0) is 0 Å². The van der Waals surface area contributed by atoms with Gasteiger partial charge in [-0.25, -0.2) is 28.0 Å². The van der Waals surface area contributed by atoms with Crippen LogP contribution in [0.1, 0.15) is 0 Å². The molecule has 2 aromatic heterocycles. The monoisotopic (exact) mass is 563 g/mol. The normalized spacial score (nSPS) is 10.7. The number of H-pyrrole nitrogens is 1. The minimum absolute atomic E-state index is 0.0162. The summed E-state index contributed by atoms with van der Waals surface area (Å²) >= 11 is 0. The molecule has 0 fully saturated rings. The fourth-order valence-electron chi connectivity index (χ4n) is 3.82. The third kappa shape index (κ3) is 5.52. The molecule has 0 aliphatic rings. The SMILES string of the molecule is COc1cc2nccc(Oc3ccc(NC(=O)Oc4n[nH]c(=O)n(-c5ccc(F)cc5)c4=O)cc3F)c2cc1OC. The van der Waals surface area contributed by atoms with E-state index in [1.54, 1.807) is 18.2 Å². The highest BCUT2D eigenvalue weighted by molar-refractivity contribution is 5.88. The molecule has 0 spiro atoms. The summed E-state index contributed by atoms with van der Waals surface area (Å²) in [6.07, 6.45) is 0.295. The van der Waals surface area contributed by atoms with Crippen LogP contribution in [-0.4, -0.2) is 40.1 Å². The maximum atomic E-state index is 14.9. The number of pyridine rings is 1. The van der Waals surface area contributed by atoms with Crippen LogP contribution in [0.15, 0.2) is 76.4 Å². The number of fused-ring (bicyclic) bond motifs is 1. The molecule has 5 rings (SSSR count). The average molecular weight is 563 g/mol. The number of nitrogens with zero attached hydrogens (tertiary/aromatic N) is 3. The highest BCUT2D eigenvalue weighted by Gasteiger charge is 2.17. The van der Waals surface area contributed by atoms with Crippen LogP contribution in [0.5, 0.6) is 28.9 Å². The summed E-state index contributed by atoms with van der Waals surface area (Å²) in [6, 6.07) is 12.9. The molecule has 0 saturated carbocycles. The fourth-order valence-corrected chi connectivity index (χ4v) is 3.82. The molecule has 2 N–H and O–H groups in total. The Morgan fingerprint density at radius 3 is 2.34 bits per heavy atom. The van der Waals surface area contributed by atoms with Crippen molar-refractivity contribution in [2.75, 3.05) is 19.5 Å². The predicted molar refractivity (Wildman–Crippen MR) is 141 cm³/mol. The minimum atomic E-state index is -1.19. The minimum Gasteiger partial charge on any atom is -0.493 e. The van der Waals surface area contributed by atoms with E-state index in [4.69, 9.17) is 18.9 Å². The average Bonchev–Trinajstić information content (AvgIpc) is 2.96. The smallest absolute Gasteiger partial charge is 0.418 e. The summed E-state index contributed by atoms with van der Waals surface area (Å²) in [4.78, 5) is 41.5. The van der Waals surface area contributed by atoms with Crippen LogP contribution >= 0.6 is 0 Å². The number of anilines is 1. The second-order valence-electron chi connectivity index (χ2n) is 8.25. The van der Waals surface area contributed by atoms with Gasteiger partial charge in [0.1, 0.15) is 11.6 Å². The second-order valence-corrected chi connectivity index (χ2v) is 8.25. The van der Waals surface area contributed by atoms with Crippen molar-refractivity contribution in [3.63, 3.8) is 0 Å². The first-order valence-corrected chi connectivity index (χ1v) is 11.7. The first-order valence-electron chi connectivity index (χ1n) is 11.7. The summed E-state index contributed by atoms with van der Waals surface area (Å²) in [6.45, 7) is 0. The van der Waals surface area contributed by atoms with Crippen molar-refractivity contribution in [3.8, 4) is 34.6 Å². The summed E-state index contributed by atoms with van der Waals surface area (Å²) in [7, 11) is 2.97. The highest BCUT2D eigenvalue weighted by Crippen LogP contribution is 2.37. The largest absolute Gasteiger partial charge is 0.493 e. The molecule has 208 valence electrons. The molecule has 0 unspecified atom stereocenters. The van der Waals surface area contributed by atoms with Crippen LogP contribution in [0.4, 0.5) is 19.3 Å². The number of benzene rings is 3. The lowest BCUT2D eigenvalue weighted by Gasteiger charge is -2.13. The van der Waals surface area contributed by atoms with Crippen molar-refractivity contribution >= 4 is 22.7 Å². The number of nitrogens with one attached hydrogen (secondary N) is 2. The van der Waals surface area contributed by atoms with E-state index in [1.807, 2.05) is 5.10 Å². The van der Waals surface area contributed by atoms with Gasteiger partial charge < -0.3 is 18.9 Å². The van der Waals surface area contributed by atoms with Crippen molar-refractivity contribution in [2.45, 2.75) is 0 Å². The van der Waals surface area contributed by atoms with Crippen LogP contribution < -0.4 is 35.5 Å². The molecule has 12 nitrogen and oxygen atoms in total. The Morgan fingerprint density at radius 1 is 0.902 bits per heavy atom. The molecule has 0 aliphatic carbocycles. The van der Waals surface area contributed by atoms with Crippen LogP contribution in [0, 0.1) is 11.6 Å². The maximum absolute atomic E-state index is 14.9. The summed E-state index contributed by atoms with van der Waals surface area (Å²) in [5.41, 5.74) is -1.51. The van der Waals surface area contributed by atoms with Crippen molar-refractivity contribution in [1.29, 1.82) is 0 Å². The van der Waals surface area contributed by atoms with E-state index >= 15 is 0 Å². The van der Waals surface area contributed by atoms with Gasteiger partial charge in [-0.15, -0.1) is 5.10 Å². The number of aromatic nitrogens is 4. The standard InChI is InChI=1S/C27H19F2N5O7/c1-38-22-12-17-19(13-23(22)39-2)30-10-9-20(17)40-21-8-5-15(11-18(21)29)31-27(37)41-24-25(35)34(26(36)33-32-24)16-6-3-14(28)4-7-16/h3-13H,1-2H3,(H,31,37)(H,33,36). The Hall–Kier alpha value is -5.79. The number of ether oxygens (including phenoxy) is 4. The van der Waals surface area contributed by atoms with Crippen LogP contribution in [0.3, 0.4) is 0 Å². The lowest BCUT2D eigenvalue weighted by atomic mass is 10.2. The molecule has 2 heterocycles. The highest BCUT2D eigenvalue weighted by atomic mass is 19.1. The molecule has 41 heavy (non-hydrogen) atoms. The topological polar surface area (TPSA) is 147 Å². The number of hydrogen-bond donors (Lipinski definition) is 2. The zero-order chi connectivity index (χ0) is 29.1. The van der Waals surface area contributed by atoms with Crippen LogP contribution in [0.25, 0.3) is 16.6 Å². The molecule has 0 atom stereocenters. The number of carbonyl (C=O) groups excluding carboxylic acids is 1. The Labute approximate surface area is 228 Å². The molecular weight excluding hydrogens is 544 g/mol. The zero-order valence-corrected chi connectivity index (χ0v) is 21.3.